The Labute approximate surface area is 339 Å². The number of hydrogen-bond donors (Lipinski definition) is 3. The van der Waals surface area contributed by atoms with E-state index in [0.717, 1.165) is 37.9 Å². The molecule has 9 heteroatoms. The molecule has 53 heavy (non-hydrogen) atoms. The van der Waals surface area contributed by atoms with E-state index in [-0.39, 0.29) is 48.7 Å². The minimum Gasteiger partial charge on any atom is -0.379 e. The van der Waals surface area contributed by atoms with E-state index >= 15 is 0 Å². The molecule has 0 aliphatic heterocycles. The molecule has 1 aromatic rings. The highest BCUT2D eigenvalue weighted by Crippen LogP contribution is 2.14. The summed E-state index contributed by atoms with van der Waals surface area (Å²) in [5.41, 5.74) is 6.68. The van der Waals surface area contributed by atoms with Gasteiger partial charge in [0.25, 0.3) is 0 Å². The van der Waals surface area contributed by atoms with E-state index in [2.05, 4.69) is 24.5 Å². The Balaban J connectivity index is 0. The van der Waals surface area contributed by atoms with Gasteiger partial charge in [-0.1, -0.05) is 174 Å². The second kappa shape index (κ2) is 42.2. The van der Waals surface area contributed by atoms with Crippen LogP contribution in [-0.4, -0.2) is 51.0 Å². The van der Waals surface area contributed by atoms with Gasteiger partial charge in [-0.05, 0) is 49.9 Å². The topological polar surface area (TPSA) is 85.6 Å². The highest BCUT2D eigenvalue weighted by Gasteiger charge is 2.20. The standard InChI is InChI=1S/C44H82FN3O3.2ClH/c1-3-5-7-9-11-13-15-17-19-21-23-27-35-50-39-42(51-36-28-24-22-20-18-16-14-12-10-8-6-4-2)38-48-44(49)43(29-25-26-34-46)47-37-40-30-32-41(45)33-31-40;;/h30-33,42-43,47H,3-29,34-39,46H2,1-2H3,(H,48,49);2*1H/t42?,43-;;/m0../s1. The van der Waals surface area contributed by atoms with Crippen LogP contribution in [0.2, 0.25) is 0 Å². The highest BCUT2D eigenvalue weighted by atomic mass is 35.5. The maximum atomic E-state index is 13.4. The first-order valence-electron chi connectivity index (χ1n) is 21.8. The van der Waals surface area contributed by atoms with Gasteiger partial charge in [0.05, 0.1) is 18.8 Å². The van der Waals surface area contributed by atoms with Crippen LogP contribution < -0.4 is 16.4 Å². The Hall–Kier alpha value is -0.960. The first-order chi connectivity index (χ1) is 25.1. The summed E-state index contributed by atoms with van der Waals surface area (Å²) < 4.78 is 25.8. The summed E-state index contributed by atoms with van der Waals surface area (Å²) in [7, 11) is 0. The number of carbonyl (C=O) groups is 1. The average molecular weight is 793 g/mol. The van der Waals surface area contributed by atoms with Crippen molar-refractivity contribution in [1.82, 2.24) is 10.6 Å². The Morgan fingerprint density at radius 3 is 1.57 bits per heavy atom. The molecule has 0 aliphatic carbocycles. The predicted molar refractivity (Wildman–Crippen MR) is 230 cm³/mol. The number of carbonyl (C=O) groups excluding carboxylic acids is 1. The zero-order chi connectivity index (χ0) is 36.9. The van der Waals surface area contributed by atoms with Crippen molar-refractivity contribution in [1.29, 1.82) is 0 Å². The van der Waals surface area contributed by atoms with Crippen molar-refractivity contribution in [2.24, 2.45) is 5.73 Å². The molecule has 1 aromatic carbocycles. The van der Waals surface area contributed by atoms with E-state index in [1.807, 2.05) is 0 Å². The number of unbranched alkanes of at least 4 members (excludes halogenated alkanes) is 23. The number of hydrogen-bond acceptors (Lipinski definition) is 5. The molecule has 0 radical (unpaired) electrons. The lowest BCUT2D eigenvalue weighted by Crippen LogP contribution is -2.47. The Bertz CT molecular complexity index is 884. The van der Waals surface area contributed by atoms with Crippen molar-refractivity contribution in [3.8, 4) is 0 Å². The van der Waals surface area contributed by atoms with Crippen molar-refractivity contribution >= 4 is 30.7 Å². The van der Waals surface area contributed by atoms with Crippen LogP contribution in [0.4, 0.5) is 4.39 Å². The third-order valence-corrected chi connectivity index (χ3v) is 10.0. The van der Waals surface area contributed by atoms with E-state index < -0.39 is 0 Å². The summed E-state index contributed by atoms with van der Waals surface area (Å²) >= 11 is 0. The maximum absolute atomic E-state index is 13.4. The van der Waals surface area contributed by atoms with Crippen molar-refractivity contribution < 1.29 is 18.7 Å². The maximum Gasteiger partial charge on any atom is 0.237 e. The van der Waals surface area contributed by atoms with Crippen LogP contribution in [0.3, 0.4) is 0 Å². The molecule has 6 nitrogen and oxygen atoms in total. The van der Waals surface area contributed by atoms with Crippen LogP contribution >= 0.6 is 24.8 Å². The SMILES string of the molecule is CCCCCCCCCCCCCCOCC(CNC(=O)[C@H](CCCCN)NCc1ccc(F)cc1)OCCCCCCCCCCCCCC.Cl.Cl. The first kappa shape index (κ1) is 54.1. The zero-order valence-corrected chi connectivity index (χ0v) is 35.9. The van der Waals surface area contributed by atoms with Gasteiger partial charge >= 0.3 is 0 Å². The van der Waals surface area contributed by atoms with Gasteiger partial charge in [-0.3, -0.25) is 4.79 Å². The van der Waals surface area contributed by atoms with Crippen molar-refractivity contribution in [2.45, 2.75) is 206 Å². The normalized spacial score (nSPS) is 12.2. The molecule has 4 N–H and O–H groups in total. The Morgan fingerprint density at radius 1 is 0.642 bits per heavy atom. The molecule has 1 amide bonds. The summed E-state index contributed by atoms with van der Waals surface area (Å²) in [6, 6.07) is 6.07. The van der Waals surface area contributed by atoms with Crippen molar-refractivity contribution in [3.63, 3.8) is 0 Å². The predicted octanol–water partition coefficient (Wildman–Crippen LogP) is 12.2. The lowest BCUT2D eigenvalue weighted by Gasteiger charge is -2.22. The van der Waals surface area contributed by atoms with E-state index in [0.29, 0.717) is 39.3 Å². The number of halogens is 3. The smallest absolute Gasteiger partial charge is 0.237 e. The largest absolute Gasteiger partial charge is 0.379 e. The third kappa shape index (κ3) is 35.2. The van der Waals surface area contributed by atoms with Gasteiger partial charge in [0.15, 0.2) is 0 Å². The number of ether oxygens (including phenoxy) is 2. The number of nitrogens with one attached hydrogen (secondary N) is 2. The summed E-state index contributed by atoms with van der Waals surface area (Å²) in [4.78, 5) is 13.3. The molecule has 0 heterocycles. The number of nitrogens with two attached hydrogens (primary N) is 1. The van der Waals surface area contributed by atoms with Gasteiger partial charge in [0.1, 0.15) is 5.82 Å². The summed E-state index contributed by atoms with van der Waals surface area (Å²) in [5, 5.41) is 6.54. The fraction of sp³-hybridized carbons (Fsp3) is 0.841. The second-order valence-corrected chi connectivity index (χ2v) is 14.9. The molecule has 0 aromatic heterocycles. The second-order valence-electron chi connectivity index (χ2n) is 14.9. The summed E-state index contributed by atoms with van der Waals surface area (Å²) in [5.74, 6) is -0.291. The van der Waals surface area contributed by atoms with E-state index in [1.165, 1.54) is 153 Å². The van der Waals surface area contributed by atoms with Gasteiger partial charge in [-0.2, -0.15) is 0 Å². The first-order valence-corrected chi connectivity index (χ1v) is 21.8. The summed E-state index contributed by atoms with van der Waals surface area (Å²) in [6.45, 7) is 8.03. The molecule has 2 atom stereocenters. The molecule has 0 spiro atoms. The molecule has 1 rings (SSSR count). The summed E-state index contributed by atoms with van der Waals surface area (Å²) in [6.07, 6.45) is 34.0. The molecule has 1 unspecified atom stereocenters. The van der Waals surface area contributed by atoms with Crippen molar-refractivity contribution in [2.75, 3.05) is 32.9 Å². The van der Waals surface area contributed by atoms with Gasteiger partial charge in [-0.15, -0.1) is 24.8 Å². The molecule has 0 fully saturated rings. The van der Waals surface area contributed by atoms with Crippen LogP contribution in [0.15, 0.2) is 24.3 Å². The minimum atomic E-state index is -0.347. The van der Waals surface area contributed by atoms with Crippen LogP contribution in [-0.2, 0) is 20.8 Å². The highest BCUT2D eigenvalue weighted by molar-refractivity contribution is 5.85. The van der Waals surface area contributed by atoms with Gasteiger partial charge < -0.3 is 25.8 Å². The van der Waals surface area contributed by atoms with Gasteiger partial charge in [0, 0.05) is 26.3 Å². The zero-order valence-electron chi connectivity index (χ0n) is 34.3. The van der Waals surface area contributed by atoms with E-state index in [4.69, 9.17) is 15.2 Å². The van der Waals surface area contributed by atoms with Crippen LogP contribution in [0.5, 0.6) is 0 Å². The number of benzene rings is 1. The number of rotatable bonds is 39. The minimum absolute atomic E-state index is 0. The Kier molecular flexibility index (Phi) is 43.1. The molecular formula is C44H84Cl2FN3O3. The van der Waals surface area contributed by atoms with Crippen LogP contribution in [0.25, 0.3) is 0 Å². The van der Waals surface area contributed by atoms with Gasteiger partial charge in [0.2, 0.25) is 5.91 Å². The molecule has 314 valence electrons. The van der Waals surface area contributed by atoms with E-state index in [1.54, 1.807) is 12.1 Å². The van der Waals surface area contributed by atoms with Crippen molar-refractivity contribution in [3.05, 3.63) is 35.6 Å². The lowest BCUT2D eigenvalue weighted by atomic mass is 10.1. The average Bonchev–Trinajstić information content (AvgIpc) is 3.14. The Morgan fingerprint density at radius 2 is 1.09 bits per heavy atom. The quantitative estimate of drug-likeness (QED) is 0.0578. The van der Waals surface area contributed by atoms with Crippen LogP contribution in [0, 0.1) is 5.82 Å². The third-order valence-electron chi connectivity index (χ3n) is 10.0. The van der Waals surface area contributed by atoms with Crippen LogP contribution in [0.1, 0.15) is 193 Å². The number of amides is 1. The van der Waals surface area contributed by atoms with E-state index in [9.17, 15) is 9.18 Å². The molecule has 0 saturated carbocycles. The molecule has 0 bridgehead atoms. The lowest BCUT2D eigenvalue weighted by molar-refractivity contribution is -0.124. The van der Waals surface area contributed by atoms with Gasteiger partial charge in [-0.25, -0.2) is 4.39 Å². The molecule has 0 saturated heterocycles. The fourth-order valence-electron chi connectivity index (χ4n) is 6.62. The monoisotopic (exact) mass is 792 g/mol. The fourth-order valence-corrected chi connectivity index (χ4v) is 6.62. The molecular weight excluding hydrogens is 708 g/mol. The molecule has 0 aliphatic rings.